The monoisotopic (exact) mass is 419 g/mol. The van der Waals surface area contributed by atoms with Gasteiger partial charge in [-0.05, 0) is 37.0 Å². The van der Waals surface area contributed by atoms with Gasteiger partial charge in [-0.1, -0.05) is 48.5 Å². The van der Waals surface area contributed by atoms with Crippen molar-refractivity contribution in [2.24, 2.45) is 5.92 Å². The minimum Gasteiger partial charge on any atom is -0.297 e. The lowest BCUT2D eigenvalue weighted by Crippen LogP contribution is -2.38. The third kappa shape index (κ3) is 3.64. The number of hydrogen-bond acceptors (Lipinski definition) is 4. The number of carbonyl (C=O) groups excluding carboxylic acids is 2. The molecule has 3 nitrogen and oxygen atoms in total. The molecular formula is C25H22FNO2S. The van der Waals surface area contributed by atoms with Crippen molar-refractivity contribution < 1.29 is 14.0 Å². The molecule has 0 saturated heterocycles. The zero-order chi connectivity index (χ0) is 20.7. The van der Waals surface area contributed by atoms with E-state index in [2.05, 4.69) is 4.90 Å². The Labute approximate surface area is 179 Å². The Morgan fingerprint density at radius 1 is 1.03 bits per heavy atom. The summed E-state index contributed by atoms with van der Waals surface area (Å²) in [7, 11) is 0. The molecule has 0 spiro atoms. The summed E-state index contributed by atoms with van der Waals surface area (Å²) in [5, 5.41) is 0. The van der Waals surface area contributed by atoms with Crippen molar-refractivity contribution in [2.75, 3.05) is 6.54 Å². The molecule has 1 fully saturated rings. The lowest BCUT2D eigenvalue weighted by Gasteiger charge is -2.34. The first-order valence-electron chi connectivity index (χ1n) is 10.4. The summed E-state index contributed by atoms with van der Waals surface area (Å²) < 4.78 is 14.6. The molecule has 1 aromatic heterocycles. The molecule has 2 heterocycles. The molecule has 0 radical (unpaired) electrons. The second kappa shape index (κ2) is 7.89. The highest BCUT2D eigenvalue weighted by molar-refractivity contribution is 7.14. The number of thiophene rings is 1. The zero-order valence-corrected chi connectivity index (χ0v) is 17.3. The number of halogens is 1. The van der Waals surface area contributed by atoms with Crippen LogP contribution in [0, 0.1) is 11.7 Å². The summed E-state index contributed by atoms with van der Waals surface area (Å²) in [6.07, 6.45) is 2.57. The highest BCUT2D eigenvalue weighted by Gasteiger charge is 2.40. The second-order valence-corrected chi connectivity index (χ2v) is 9.21. The number of benzene rings is 2. The predicted octanol–water partition coefficient (Wildman–Crippen LogP) is 5.20. The van der Waals surface area contributed by atoms with Gasteiger partial charge in [0.15, 0.2) is 5.78 Å². The summed E-state index contributed by atoms with van der Waals surface area (Å²) >= 11 is 1.54. The molecule has 1 unspecified atom stereocenters. The first kappa shape index (κ1) is 19.3. The maximum Gasteiger partial charge on any atom is 0.202 e. The number of fused-ring (bicyclic) bond motifs is 1. The van der Waals surface area contributed by atoms with Crippen molar-refractivity contribution in [2.45, 2.75) is 31.8 Å². The van der Waals surface area contributed by atoms with Crippen LogP contribution in [0.5, 0.6) is 0 Å². The Morgan fingerprint density at radius 3 is 2.50 bits per heavy atom. The normalized spacial score (nSPS) is 17.4. The molecule has 1 saturated carbocycles. The van der Waals surface area contributed by atoms with Crippen molar-refractivity contribution in [3.05, 3.63) is 92.9 Å². The van der Waals surface area contributed by atoms with Crippen LogP contribution in [0.2, 0.25) is 0 Å². The van der Waals surface area contributed by atoms with Gasteiger partial charge in [-0.25, -0.2) is 4.39 Å². The van der Waals surface area contributed by atoms with Crippen LogP contribution in [0.3, 0.4) is 0 Å². The predicted molar refractivity (Wildman–Crippen MR) is 115 cm³/mol. The molecule has 0 bridgehead atoms. The fraction of sp³-hybridized carbons (Fsp3) is 0.280. The van der Waals surface area contributed by atoms with Crippen molar-refractivity contribution >= 4 is 22.9 Å². The molecule has 5 rings (SSSR count). The van der Waals surface area contributed by atoms with Crippen molar-refractivity contribution in [3.63, 3.8) is 0 Å². The van der Waals surface area contributed by atoms with Gasteiger partial charge in [0.25, 0.3) is 0 Å². The molecule has 0 N–H and O–H groups in total. The fourth-order valence-corrected chi connectivity index (χ4v) is 5.36. The van der Waals surface area contributed by atoms with Gasteiger partial charge in [-0.3, -0.25) is 14.5 Å². The van der Waals surface area contributed by atoms with Crippen LogP contribution in [0.25, 0.3) is 0 Å². The number of hydrogen-bond donors (Lipinski definition) is 0. The first-order chi connectivity index (χ1) is 14.6. The molecule has 3 aromatic rings. The highest BCUT2D eigenvalue weighted by atomic mass is 32.1. The molecule has 152 valence electrons. The Kier molecular flexibility index (Phi) is 5.09. The number of rotatable bonds is 6. The largest absolute Gasteiger partial charge is 0.297 e. The van der Waals surface area contributed by atoms with E-state index in [0.29, 0.717) is 24.2 Å². The zero-order valence-electron chi connectivity index (χ0n) is 16.5. The van der Waals surface area contributed by atoms with Crippen molar-refractivity contribution in [1.82, 2.24) is 4.90 Å². The summed E-state index contributed by atoms with van der Waals surface area (Å²) in [5.74, 6) is -0.123. The number of nitrogens with zero attached hydrogens (tertiary/aromatic N) is 1. The third-order valence-electron chi connectivity index (χ3n) is 5.97. The van der Waals surface area contributed by atoms with Crippen LogP contribution in [0.4, 0.5) is 4.39 Å². The molecule has 0 amide bonds. The van der Waals surface area contributed by atoms with E-state index in [1.807, 2.05) is 36.4 Å². The van der Waals surface area contributed by atoms with Gasteiger partial charge in [0.2, 0.25) is 5.78 Å². The molecule has 1 aliphatic heterocycles. The van der Waals surface area contributed by atoms with E-state index in [-0.39, 0.29) is 23.3 Å². The van der Waals surface area contributed by atoms with E-state index in [4.69, 9.17) is 0 Å². The van der Waals surface area contributed by atoms with Gasteiger partial charge in [-0.2, -0.15) is 0 Å². The molecule has 5 heteroatoms. The van der Waals surface area contributed by atoms with Crippen LogP contribution in [-0.2, 0) is 17.8 Å². The summed E-state index contributed by atoms with van der Waals surface area (Å²) in [6.45, 7) is 1.25. The van der Waals surface area contributed by atoms with Gasteiger partial charge in [-0.15, -0.1) is 11.3 Å². The first-order valence-corrected chi connectivity index (χ1v) is 11.2. The smallest absolute Gasteiger partial charge is 0.202 e. The van der Waals surface area contributed by atoms with Crippen molar-refractivity contribution in [3.8, 4) is 0 Å². The summed E-state index contributed by atoms with van der Waals surface area (Å²) in [5.41, 5.74) is 2.23. The van der Waals surface area contributed by atoms with Crippen LogP contribution in [-0.4, -0.2) is 23.0 Å². The van der Waals surface area contributed by atoms with E-state index in [9.17, 15) is 14.0 Å². The van der Waals surface area contributed by atoms with E-state index in [1.165, 1.54) is 10.9 Å². The topological polar surface area (TPSA) is 37.4 Å². The lowest BCUT2D eigenvalue weighted by atomic mass is 9.95. The standard InChI is InChI=1S/C25H22FNO2S/c26-20-9-5-4-8-19(20)23(25(29)17-10-11-17)27-13-12-21-18(15-27)14-22(30-21)24(28)16-6-2-1-3-7-16/h1-9,14,17,23H,10-13,15H2. The highest BCUT2D eigenvalue weighted by Crippen LogP contribution is 2.40. The van der Waals surface area contributed by atoms with E-state index in [1.54, 1.807) is 29.5 Å². The van der Waals surface area contributed by atoms with Crippen LogP contribution in [0.15, 0.2) is 60.7 Å². The second-order valence-electron chi connectivity index (χ2n) is 8.08. The average Bonchev–Trinajstić information content (AvgIpc) is 3.54. The molecule has 1 atom stereocenters. The Bertz CT molecular complexity index is 1100. The molecular weight excluding hydrogens is 397 g/mol. The third-order valence-corrected chi connectivity index (χ3v) is 7.21. The maximum absolute atomic E-state index is 14.6. The van der Waals surface area contributed by atoms with E-state index >= 15 is 0 Å². The van der Waals surface area contributed by atoms with Gasteiger partial charge in [0, 0.05) is 35.0 Å². The summed E-state index contributed by atoms with van der Waals surface area (Å²) in [6, 6.07) is 17.3. The van der Waals surface area contributed by atoms with Crippen LogP contribution in [0.1, 0.15) is 50.1 Å². The van der Waals surface area contributed by atoms with Gasteiger partial charge < -0.3 is 0 Å². The Morgan fingerprint density at radius 2 is 1.77 bits per heavy atom. The van der Waals surface area contributed by atoms with Crippen molar-refractivity contribution in [1.29, 1.82) is 0 Å². The fourth-order valence-electron chi connectivity index (χ4n) is 4.24. The molecule has 2 aromatic carbocycles. The minimum atomic E-state index is -0.556. The van der Waals surface area contributed by atoms with E-state index < -0.39 is 6.04 Å². The molecule has 2 aliphatic rings. The number of Topliss-reactive ketones (excluding diaryl/α,β-unsaturated/α-hetero) is 1. The van der Waals surface area contributed by atoms with Crippen LogP contribution >= 0.6 is 11.3 Å². The summed E-state index contributed by atoms with van der Waals surface area (Å²) in [4.78, 5) is 30.0. The quantitative estimate of drug-likeness (QED) is 0.516. The SMILES string of the molecule is O=C(c1ccccc1)c1cc2c(s1)CCN(C(C(=O)C1CC1)c1ccccc1F)C2. The van der Waals surface area contributed by atoms with Crippen LogP contribution < -0.4 is 0 Å². The molecule has 30 heavy (non-hydrogen) atoms. The Balaban J connectivity index is 1.44. The minimum absolute atomic E-state index is 0.0289. The van der Waals surface area contributed by atoms with Gasteiger partial charge in [0.05, 0.1) is 10.9 Å². The van der Waals surface area contributed by atoms with Gasteiger partial charge >= 0.3 is 0 Å². The molecule has 1 aliphatic carbocycles. The van der Waals surface area contributed by atoms with Gasteiger partial charge in [0.1, 0.15) is 5.82 Å². The average molecular weight is 420 g/mol. The maximum atomic E-state index is 14.6. The van der Waals surface area contributed by atoms with E-state index in [0.717, 1.165) is 29.7 Å². The lowest BCUT2D eigenvalue weighted by molar-refractivity contribution is -0.126. The number of carbonyl (C=O) groups is 2. The Hall–Kier alpha value is -2.63. The number of ketones is 2.